The molecule has 1 aliphatic heterocycles. The zero-order valence-electron chi connectivity index (χ0n) is 13.9. The minimum absolute atomic E-state index is 0.253. The second-order valence-electron chi connectivity index (χ2n) is 6.03. The van der Waals surface area contributed by atoms with Crippen LogP contribution in [0.25, 0.3) is 11.4 Å². The minimum atomic E-state index is 0.253. The number of benzene rings is 1. The molecule has 1 fully saturated rings. The van der Waals surface area contributed by atoms with E-state index in [2.05, 4.69) is 31.9 Å². The van der Waals surface area contributed by atoms with Crippen LogP contribution in [0.15, 0.2) is 45.6 Å². The first-order valence-electron chi connectivity index (χ1n) is 8.12. The third-order valence-corrected chi connectivity index (χ3v) is 4.79. The number of thiophene rings is 1. The van der Waals surface area contributed by atoms with Crippen molar-refractivity contribution in [2.45, 2.75) is 19.3 Å². The maximum Gasteiger partial charge on any atom is 0.252 e. The van der Waals surface area contributed by atoms with Gasteiger partial charge in [0.2, 0.25) is 5.82 Å². The normalized spacial score (nSPS) is 15.2. The molecule has 0 atom stereocenters. The van der Waals surface area contributed by atoms with Crippen molar-refractivity contribution in [2.75, 3.05) is 20.2 Å². The van der Waals surface area contributed by atoms with Gasteiger partial charge < -0.3 is 14.0 Å². The summed E-state index contributed by atoms with van der Waals surface area (Å²) in [6, 6.07) is 9.96. The molecule has 0 bridgehead atoms. The van der Waals surface area contributed by atoms with Crippen LogP contribution >= 0.6 is 11.3 Å². The van der Waals surface area contributed by atoms with Crippen molar-refractivity contribution in [1.82, 2.24) is 15.0 Å². The Bertz CT molecular complexity index is 795. The summed E-state index contributed by atoms with van der Waals surface area (Å²) in [5.41, 5.74) is 2.27. The van der Waals surface area contributed by atoms with E-state index in [1.165, 1.54) is 5.56 Å². The maximum absolute atomic E-state index is 6.01. The molecule has 25 heavy (non-hydrogen) atoms. The van der Waals surface area contributed by atoms with E-state index < -0.39 is 0 Å². The molecule has 3 heterocycles. The Morgan fingerprint density at radius 2 is 2.08 bits per heavy atom. The molecule has 7 heteroatoms. The van der Waals surface area contributed by atoms with Crippen molar-refractivity contribution in [3.8, 4) is 17.1 Å². The van der Waals surface area contributed by atoms with Crippen LogP contribution in [0.1, 0.15) is 11.5 Å². The van der Waals surface area contributed by atoms with Crippen LogP contribution < -0.4 is 4.74 Å². The fourth-order valence-electron chi connectivity index (χ4n) is 2.80. The van der Waals surface area contributed by atoms with E-state index in [1.54, 1.807) is 18.4 Å². The number of ether oxygens (including phenoxy) is 2. The first-order valence-corrected chi connectivity index (χ1v) is 9.06. The number of aromatic nitrogens is 2. The van der Waals surface area contributed by atoms with E-state index in [9.17, 15) is 0 Å². The SMILES string of the molecule is COCc1nc(-c2ccc(OC3CN(Cc4ccsc4)C3)cc2)no1. The van der Waals surface area contributed by atoms with Gasteiger partial charge in [-0.3, -0.25) is 4.90 Å². The van der Waals surface area contributed by atoms with Crippen LogP contribution in [0, 0.1) is 0 Å². The zero-order chi connectivity index (χ0) is 17.1. The van der Waals surface area contributed by atoms with Crippen LogP contribution in [-0.2, 0) is 17.9 Å². The molecule has 0 saturated carbocycles. The summed E-state index contributed by atoms with van der Waals surface area (Å²) in [5.74, 6) is 1.90. The molecule has 6 nitrogen and oxygen atoms in total. The number of nitrogens with zero attached hydrogens (tertiary/aromatic N) is 3. The summed E-state index contributed by atoms with van der Waals surface area (Å²) in [7, 11) is 1.60. The second-order valence-corrected chi connectivity index (χ2v) is 6.81. The first-order chi connectivity index (χ1) is 12.3. The Balaban J connectivity index is 1.29. The predicted octanol–water partition coefficient (Wildman–Crippen LogP) is 3.21. The highest BCUT2D eigenvalue weighted by molar-refractivity contribution is 7.07. The Morgan fingerprint density at radius 3 is 2.80 bits per heavy atom. The van der Waals surface area contributed by atoms with Crippen LogP contribution in [0.4, 0.5) is 0 Å². The Hall–Kier alpha value is -2.22. The number of methoxy groups -OCH3 is 1. The zero-order valence-corrected chi connectivity index (χ0v) is 14.7. The van der Waals surface area contributed by atoms with Gasteiger partial charge in [-0.1, -0.05) is 5.16 Å². The Morgan fingerprint density at radius 1 is 1.24 bits per heavy atom. The van der Waals surface area contributed by atoms with Crippen LogP contribution in [-0.4, -0.2) is 41.3 Å². The average molecular weight is 357 g/mol. The van der Waals surface area contributed by atoms with E-state index >= 15 is 0 Å². The van der Waals surface area contributed by atoms with Gasteiger partial charge in [0, 0.05) is 32.3 Å². The summed E-state index contributed by atoms with van der Waals surface area (Å²) < 4.78 is 16.1. The number of hydrogen-bond acceptors (Lipinski definition) is 7. The summed E-state index contributed by atoms with van der Waals surface area (Å²) in [5, 5.41) is 8.27. The van der Waals surface area contributed by atoms with Gasteiger partial charge >= 0.3 is 0 Å². The van der Waals surface area contributed by atoms with Crippen molar-refractivity contribution in [1.29, 1.82) is 0 Å². The summed E-state index contributed by atoms with van der Waals surface area (Å²) in [4.78, 5) is 6.67. The van der Waals surface area contributed by atoms with Crippen molar-refractivity contribution in [3.63, 3.8) is 0 Å². The van der Waals surface area contributed by atoms with Gasteiger partial charge in [0.05, 0.1) is 0 Å². The molecule has 130 valence electrons. The molecule has 1 saturated heterocycles. The highest BCUT2D eigenvalue weighted by Gasteiger charge is 2.28. The lowest BCUT2D eigenvalue weighted by Crippen LogP contribution is -2.52. The molecule has 0 aliphatic carbocycles. The van der Waals surface area contributed by atoms with E-state index in [4.69, 9.17) is 14.0 Å². The van der Waals surface area contributed by atoms with Gasteiger partial charge in [-0.25, -0.2) is 0 Å². The molecule has 0 spiro atoms. The van der Waals surface area contributed by atoms with Crippen LogP contribution in [0.3, 0.4) is 0 Å². The Kier molecular flexibility index (Phi) is 4.78. The smallest absolute Gasteiger partial charge is 0.252 e. The van der Waals surface area contributed by atoms with E-state index in [1.807, 2.05) is 24.3 Å². The highest BCUT2D eigenvalue weighted by Crippen LogP contribution is 2.24. The topological polar surface area (TPSA) is 60.6 Å². The van der Waals surface area contributed by atoms with Crippen molar-refractivity contribution < 1.29 is 14.0 Å². The molecule has 1 aliphatic rings. The third kappa shape index (κ3) is 3.89. The van der Waals surface area contributed by atoms with Gasteiger partial charge in [0.15, 0.2) is 0 Å². The average Bonchev–Trinajstić information content (AvgIpc) is 3.26. The van der Waals surface area contributed by atoms with Crippen molar-refractivity contribution in [3.05, 3.63) is 52.5 Å². The molecule has 4 rings (SSSR count). The van der Waals surface area contributed by atoms with Gasteiger partial charge in [-0.15, -0.1) is 0 Å². The van der Waals surface area contributed by atoms with Gasteiger partial charge in [0.1, 0.15) is 18.5 Å². The molecule has 3 aromatic rings. The molecule has 1 aromatic carbocycles. The van der Waals surface area contributed by atoms with Gasteiger partial charge in [0.25, 0.3) is 5.89 Å². The monoisotopic (exact) mass is 357 g/mol. The molecule has 2 aromatic heterocycles. The number of likely N-dealkylation sites (tertiary alicyclic amines) is 1. The van der Waals surface area contributed by atoms with Crippen LogP contribution in [0.2, 0.25) is 0 Å². The third-order valence-electron chi connectivity index (χ3n) is 4.06. The second kappa shape index (κ2) is 7.35. The molecule has 0 unspecified atom stereocenters. The number of rotatable bonds is 7. The maximum atomic E-state index is 6.01. The summed E-state index contributed by atoms with van der Waals surface area (Å²) >= 11 is 1.74. The highest BCUT2D eigenvalue weighted by atomic mass is 32.1. The lowest BCUT2D eigenvalue weighted by atomic mass is 10.1. The lowest BCUT2D eigenvalue weighted by Gasteiger charge is -2.38. The lowest BCUT2D eigenvalue weighted by molar-refractivity contribution is 0.0146. The largest absolute Gasteiger partial charge is 0.488 e. The van der Waals surface area contributed by atoms with Crippen molar-refractivity contribution in [2.24, 2.45) is 0 Å². The Labute approximate surface area is 150 Å². The molecule has 0 amide bonds. The molecular formula is C18H19N3O3S. The molecule has 0 N–H and O–H groups in total. The standard InChI is InChI=1S/C18H19N3O3S/c1-22-11-17-19-18(20-24-17)14-2-4-15(5-3-14)23-16-9-21(10-16)8-13-6-7-25-12-13/h2-7,12,16H,8-11H2,1H3. The van der Waals surface area contributed by atoms with E-state index in [0.717, 1.165) is 30.9 Å². The molecule has 0 radical (unpaired) electrons. The minimum Gasteiger partial charge on any atom is -0.488 e. The van der Waals surface area contributed by atoms with E-state index in [-0.39, 0.29) is 6.10 Å². The quantitative estimate of drug-likeness (QED) is 0.647. The van der Waals surface area contributed by atoms with Gasteiger partial charge in [-0.05, 0) is 46.7 Å². The van der Waals surface area contributed by atoms with Gasteiger partial charge in [-0.2, -0.15) is 16.3 Å². The fraction of sp³-hybridized carbons (Fsp3) is 0.333. The van der Waals surface area contributed by atoms with Crippen LogP contribution in [0.5, 0.6) is 5.75 Å². The van der Waals surface area contributed by atoms with Crippen molar-refractivity contribution >= 4 is 11.3 Å². The summed E-state index contributed by atoms with van der Waals surface area (Å²) in [6.45, 7) is 3.24. The fourth-order valence-corrected chi connectivity index (χ4v) is 3.46. The first kappa shape index (κ1) is 16.3. The van der Waals surface area contributed by atoms with E-state index in [0.29, 0.717) is 18.3 Å². The molecular weight excluding hydrogens is 338 g/mol. The number of hydrogen-bond donors (Lipinski definition) is 0. The summed E-state index contributed by atoms with van der Waals surface area (Å²) in [6.07, 6.45) is 0.253. The predicted molar refractivity (Wildman–Crippen MR) is 94.5 cm³/mol.